The van der Waals surface area contributed by atoms with Gasteiger partial charge in [0.1, 0.15) is 6.29 Å². The zero-order valence-corrected chi connectivity index (χ0v) is 7.99. The highest BCUT2D eigenvalue weighted by Gasteiger charge is 2.25. The van der Waals surface area contributed by atoms with Gasteiger partial charge in [0.05, 0.1) is 6.61 Å². The highest BCUT2D eigenvalue weighted by molar-refractivity contribution is 5.66. The first-order valence-corrected chi connectivity index (χ1v) is 4.82. The second kappa shape index (κ2) is 5.00. The zero-order chi connectivity index (χ0) is 9.68. The van der Waals surface area contributed by atoms with Crippen LogP contribution in [0.3, 0.4) is 0 Å². The lowest BCUT2D eigenvalue weighted by Gasteiger charge is -2.26. The predicted molar refractivity (Wildman–Crippen MR) is 48.1 cm³/mol. The maximum atomic E-state index is 10.7. The maximum absolute atomic E-state index is 10.7. The van der Waals surface area contributed by atoms with Crippen molar-refractivity contribution in [3.63, 3.8) is 0 Å². The summed E-state index contributed by atoms with van der Waals surface area (Å²) in [5.74, 6) is 0.110. The van der Waals surface area contributed by atoms with Crippen molar-refractivity contribution in [1.82, 2.24) is 0 Å². The molecule has 0 unspecified atom stereocenters. The van der Waals surface area contributed by atoms with Gasteiger partial charge < -0.3 is 9.53 Å². The summed E-state index contributed by atoms with van der Waals surface area (Å²) in [6.45, 7) is 1.82. The Morgan fingerprint density at radius 3 is 2.77 bits per heavy atom. The van der Waals surface area contributed by atoms with E-state index in [4.69, 9.17) is 4.74 Å². The van der Waals surface area contributed by atoms with Crippen LogP contribution in [0.4, 0.5) is 0 Å². The van der Waals surface area contributed by atoms with Gasteiger partial charge in [-0.05, 0) is 12.8 Å². The van der Waals surface area contributed by atoms with Crippen molar-refractivity contribution in [3.8, 4) is 0 Å². The molecule has 1 rings (SSSR count). The molecular formula is C10H16O3. The summed E-state index contributed by atoms with van der Waals surface area (Å²) in [6.07, 6.45) is 5.25. The topological polar surface area (TPSA) is 43.4 Å². The number of rotatable bonds is 3. The molecule has 1 fully saturated rings. The normalized spacial score (nSPS) is 28.1. The molecule has 3 nitrogen and oxygen atoms in total. The Kier molecular flexibility index (Phi) is 3.93. The average Bonchev–Trinajstić information content (AvgIpc) is 2.15. The molecular weight excluding hydrogens is 168 g/mol. The molecule has 1 aliphatic rings. The van der Waals surface area contributed by atoms with Gasteiger partial charge in [-0.15, -0.1) is 0 Å². The first-order valence-electron chi connectivity index (χ1n) is 4.82. The van der Waals surface area contributed by atoms with Crippen molar-refractivity contribution < 1.29 is 14.3 Å². The molecule has 0 N–H and O–H groups in total. The molecule has 0 radical (unpaired) electrons. The van der Waals surface area contributed by atoms with Gasteiger partial charge in [-0.2, -0.15) is 0 Å². The Bertz CT molecular complexity index is 189. The molecule has 0 aromatic carbocycles. The number of hydrogen-bond donors (Lipinski definition) is 0. The molecule has 0 bridgehead atoms. The van der Waals surface area contributed by atoms with E-state index in [-0.39, 0.29) is 17.8 Å². The minimum atomic E-state index is -0.254. The fourth-order valence-corrected chi connectivity index (χ4v) is 1.85. The first-order chi connectivity index (χ1) is 6.24. The molecule has 0 saturated heterocycles. The van der Waals surface area contributed by atoms with Gasteiger partial charge in [0.15, 0.2) is 0 Å². The second-order valence-electron chi connectivity index (χ2n) is 3.65. The lowest BCUT2D eigenvalue weighted by Crippen LogP contribution is -2.25. The van der Waals surface area contributed by atoms with Gasteiger partial charge in [-0.3, -0.25) is 4.79 Å². The highest BCUT2D eigenvalue weighted by Crippen LogP contribution is 2.28. The van der Waals surface area contributed by atoms with Crippen molar-refractivity contribution >= 4 is 12.3 Å². The van der Waals surface area contributed by atoms with Crippen molar-refractivity contribution in [2.24, 2.45) is 11.8 Å². The minimum Gasteiger partial charge on any atom is -0.466 e. The van der Waals surface area contributed by atoms with Gasteiger partial charge in [-0.25, -0.2) is 0 Å². The Hall–Kier alpha value is -0.860. The Labute approximate surface area is 78.5 Å². The van der Waals surface area contributed by atoms with Crippen molar-refractivity contribution in [3.05, 3.63) is 0 Å². The van der Waals surface area contributed by atoms with Gasteiger partial charge in [0.25, 0.3) is 0 Å². The van der Waals surface area contributed by atoms with Gasteiger partial charge >= 0.3 is 5.97 Å². The van der Waals surface area contributed by atoms with E-state index in [1.165, 1.54) is 6.92 Å². The quantitative estimate of drug-likeness (QED) is 0.493. The number of carbonyl (C=O) groups excluding carboxylic acids is 2. The molecule has 0 aliphatic heterocycles. The summed E-state index contributed by atoms with van der Waals surface area (Å²) >= 11 is 0. The summed E-state index contributed by atoms with van der Waals surface area (Å²) in [4.78, 5) is 21.2. The summed E-state index contributed by atoms with van der Waals surface area (Å²) in [5, 5.41) is 0. The largest absolute Gasteiger partial charge is 0.466 e. The molecule has 74 valence electrons. The molecule has 0 aromatic heterocycles. The van der Waals surface area contributed by atoms with Crippen LogP contribution in [0.15, 0.2) is 0 Å². The smallest absolute Gasteiger partial charge is 0.302 e. The van der Waals surface area contributed by atoms with Crippen molar-refractivity contribution in [1.29, 1.82) is 0 Å². The van der Waals surface area contributed by atoms with E-state index < -0.39 is 0 Å². The minimum absolute atomic E-state index is 0.105. The van der Waals surface area contributed by atoms with E-state index >= 15 is 0 Å². The molecule has 3 heteroatoms. The van der Waals surface area contributed by atoms with Crippen LogP contribution in [0.2, 0.25) is 0 Å². The number of aldehydes is 1. The lowest BCUT2D eigenvalue weighted by atomic mass is 9.81. The molecule has 0 aromatic rings. The number of hydrogen-bond acceptors (Lipinski definition) is 3. The maximum Gasteiger partial charge on any atom is 0.302 e. The van der Waals surface area contributed by atoms with Crippen LogP contribution in [0.5, 0.6) is 0 Å². The Balaban J connectivity index is 2.35. The van der Waals surface area contributed by atoms with Crippen LogP contribution in [-0.4, -0.2) is 18.9 Å². The molecule has 2 atom stereocenters. The molecule has 1 saturated carbocycles. The van der Waals surface area contributed by atoms with E-state index in [0.717, 1.165) is 32.0 Å². The SMILES string of the molecule is CC(=O)OC[C@H]1CCCC[C@H]1C=O. The molecule has 0 amide bonds. The van der Waals surface area contributed by atoms with Gasteiger partial charge in [0.2, 0.25) is 0 Å². The highest BCUT2D eigenvalue weighted by atomic mass is 16.5. The predicted octanol–water partition coefficient (Wildman–Crippen LogP) is 1.55. The fourth-order valence-electron chi connectivity index (χ4n) is 1.85. The van der Waals surface area contributed by atoms with E-state index in [2.05, 4.69) is 0 Å². The Morgan fingerprint density at radius 1 is 1.46 bits per heavy atom. The summed E-state index contributed by atoms with van der Waals surface area (Å²) in [5.41, 5.74) is 0. The number of esters is 1. The van der Waals surface area contributed by atoms with Gasteiger partial charge in [0, 0.05) is 18.8 Å². The molecule has 1 aliphatic carbocycles. The van der Waals surface area contributed by atoms with Crippen LogP contribution in [0.1, 0.15) is 32.6 Å². The average molecular weight is 184 g/mol. The zero-order valence-electron chi connectivity index (χ0n) is 7.99. The summed E-state index contributed by atoms with van der Waals surface area (Å²) < 4.78 is 4.92. The molecule has 0 heterocycles. The van der Waals surface area contributed by atoms with E-state index in [1.807, 2.05) is 0 Å². The van der Waals surface area contributed by atoms with Crippen LogP contribution in [0.25, 0.3) is 0 Å². The third kappa shape index (κ3) is 3.17. The summed E-state index contributed by atoms with van der Waals surface area (Å²) in [6, 6.07) is 0. The fraction of sp³-hybridized carbons (Fsp3) is 0.800. The lowest BCUT2D eigenvalue weighted by molar-refractivity contribution is -0.144. The van der Waals surface area contributed by atoms with Crippen LogP contribution >= 0.6 is 0 Å². The number of ether oxygens (including phenoxy) is 1. The second-order valence-corrected chi connectivity index (χ2v) is 3.65. The van der Waals surface area contributed by atoms with E-state index in [1.54, 1.807) is 0 Å². The van der Waals surface area contributed by atoms with Crippen molar-refractivity contribution in [2.45, 2.75) is 32.6 Å². The molecule has 0 spiro atoms. The molecule has 13 heavy (non-hydrogen) atoms. The van der Waals surface area contributed by atoms with Crippen LogP contribution < -0.4 is 0 Å². The first kappa shape index (κ1) is 10.2. The van der Waals surface area contributed by atoms with E-state index in [0.29, 0.717) is 6.61 Å². The standard InChI is InChI=1S/C10H16O3/c1-8(12)13-7-10-5-3-2-4-9(10)6-11/h6,9-10H,2-5,7H2,1H3/t9-,10+/m0/s1. The third-order valence-electron chi connectivity index (χ3n) is 2.64. The monoisotopic (exact) mass is 184 g/mol. The Morgan fingerprint density at radius 2 is 2.15 bits per heavy atom. The van der Waals surface area contributed by atoms with E-state index in [9.17, 15) is 9.59 Å². The summed E-state index contributed by atoms with van der Waals surface area (Å²) in [7, 11) is 0. The van der Waals surface area contributed by atoms with Gasteiger partial charge in [-0.1, -0.05) is 12.8 Å². The number of carbonyl (C=O) groups is 2. The third-order valence-corrected chi connectivity index (χ3v) is 2.64. The van der Waals surface area contributed by atoms with Crippen molar-refractivity contribution in [2.75, 3.05) is 6.61 Å². The van der Waals surface area contributed by atoms with Crippen LogP contribution in [-0.2, 0) is 14.3 Å². The van der Waals surface area contributed by atoms with Crippen LogP contribution in [0, 0.1) is 11.8 Å².